The number of morpholine rings is 1. The van der Waals surface area contributed by atoms with E-state index in [0.29, 0.717) is 49.9 Å². The minimum atomic E-state index is -1.71. The molecule has 2 aromatic rings. The fraction of sp³-hybridized carbons (Fsp3) is 0.545. The first-order valence-corrected chi connectivity index (χ1v) is 14.7. The van der Waals surface area contributed by atoms with Gasteiger partial charge in [0.1, 0.15) is 11.6 Å². The Morgan fingerprint density at radius 1 is 1.09 bits per heavy atom. The van der Waals surface area contributed by atoms with Gasteiger partial charge in [0.2, 0.25) is 11.7 Å². The molecule has 3 amide bonds. The Hall–Kier alpha value is -2.72. The molecule has 0 radical (unpaired) electrons. The molecule has 1 aromatic heterocycles. The minimum absolute atomic E-state index is 0.0301. The molecule has 32 heavy (non-hydrogen) atoms. The first-order chi connectivity index (χ1) is 15.2. The lowest BCUT2D eigenvalue weighted by Crippen LogP contribution is -2.57. The van der Waals surface area contributed by atoms with E-state index in [2.05, 4.69) is 35.3 Å². The fourth-order valence-electron chi connectivity index (χ4n) is 3.58. The van der Waals surface area contributed by atoms with Gasteiger partial charge >= 0.3 is 6.03 Å². The second-order valence-electron chi connectivity index (χ2n) is 9.19. The lowest BCUT2D eigenvalue weighted by atomic mass is 10.1. The highest BCUT2D eigenvalue weighted by Crippen LogP contribution is 2.17. The normalized spacial score (nSPS) is 16.4. The van der Waals surface area contributed by atoms with Gasteiger partial charge in [-0.2, -0.15) is 0 Å². The molecule has 0 bridgehead atoms. The smallest absolute Gasteiger partial charge is 0.318 e. The second kappa shape index (κ2) is 10.3. The Kier molecular flexibility index (Phi) is 7.67. The molecule has 1 fully saturated rings. The number of nitrogens with zero attached hydrogens (tertiary/aromatic N) is 2. The topological polar surface area (TPSA) is 114 Å². The standard InChI is InChI=1S/C22H32N4O5Si/c1-5-15(19(27)21-24-16-8-6-7-9-18(16)31-21)23-20(28)17(14-32(2,3)4)25-22(29)26-10-12-30-13-11-26/h6-9,15,17H,5,10-14H2,1-4H3,(H,23,28)(H,25,29)/t15-,17+/m1/s1. The number of fused-ring (bicyclic) bond motifs is 1. The van der Waals surface area contributed by atoms with Crippen molar-refractivity contribution in [1.29, 1.82) is 0 Å². The Labute approximate surface area is 188 Å². The van der Waals surface area contributed by atoms with Crippen molar-refractivity contribution in [3.05, 3.63) is 30.2 Å². The van der Waals surface area contributed by atoms with Crippen molar-refractivity contribution in [3.8, 4) is 0 Å². The molecular weight excluding hydrogens is 428 g/mol. The highest BCUT2D eigenvalue weighted by molar-refractivity contribution is 6.76. The molecular formula is C22H32N4O5Si. The van der Waals surface area contributed by atoms with Crippen LogP contribution in [0.5, 0.6) is 0 Å². The van der Waals surface area contributed by atoms with Crippen LogP contribution in [0, 0.1) is 0 Å². The number of Topliss-reactive ketones (excluding diaryl/α,β-unsaturated/α-hetero) is 1. The third-order valence-electron chi connectivity index (χ3n) is 5.27. The average Bonchev–Trinajstić information content (AvgIpc) is 3.20. The quantitative estimate of drug-likeness (QED) is 0.462. The third-order valence-corrected chi connectivity index (χ3v) is 6.91. The number of para-hydroxylation sites is 2. The van der Waals surface area contributed by atoms with Crippen molar-refractivity contribution in [2.24, 2.45) is 0 Å². The van der Waals surface area contributed by atoms with Crippen molar-refractivity contribution >= 4 is 36.9 Å². The van der Waals surface area contributed by atoms with E-state index in [1.165, 1.54) is 0 Å². The van der Waals surface area contributed by atoms with Gasteiger partial charge in [-0.1, -0.05) is 38.7 Å². The lowest BCUT2D eigenvalue weighted by Gasteiger charge is -2.31. The largest absolute Gasteiger partial charge is 0.434 e. The van der Waals surface area contributed by atoms with Gasteiger partial charge in [0.15, 0.2) is 5.58 Å². The van der Waals surface area contributed by atoms with Crippen LogP contribution in [-0.2, 0) is 9.53 Å². The zero-order valence-corrected chi connectivity index (χ0v) is 20.1. The van der Waals surface area contributed by atoms with E-state index < -0.39 is 20.2 Å². The number of ether oxygens (including phenoxy) is 1. The van der Waals surface area contributed by atoms with E-state index in [4.69, 9.17) is 9.15 Å². The summed E-state index contributed by atoms with van der Waals surface area (Å²) in [6, 6.07) is 5.88. The Morgan fingerprint density at radius 3 is 2.41 bits per heavy atom. The third kappa shape index (κ3) is 6.16. The number of hydrogen-bond acceptors (Lipinski definition) is 6. The zero-order chi connectivity index (χ0) is 23.3. The summed E-state index contributed by atoms with van der Waals surface area (Å²) in [5.74, 6) is -0.786. The van der Waals surface area contributed by atoms with Crippen LogP contribution >= 0.6 is 0 Å². The second-order valence-corrected chi connectivity index (χ2v) is 14.7. The minimum Gasteiger partial charge on any atom is -0.434 e. The molecule has 0 aliphatic carbocycles. The predicted octanol–water partition coefficient (Wildman–Crippen LogP) is 2.65. The lowest BCUT2D eigenvalue weighted by molar-refractivity contribution is -0.123. The molecule has 0 saturated carbocycles. The molecule has 1 saturated heterocycles. The van der Waals surface area contributed by atoms with Gasteiger partial charge < -0.3 is 24.7 Å². The summed E-state index contributed by atoms with van der Waals surface area (Å²) in [6.45, 7) is 10.1. The summed E-state index contributed by atoms with van der Waals surface area (Å²) in [6.07, 6.45) is 0.375. The van der Waals surface area contributed by atoms with Crippen molar-refractivity contribution in [3.63, 3.8) is 0 Å². The zero-order valence-electron chi connectivity index (χ0n) is 19.1. The summed E-state index contributed by atoms with van der Waals surface area (Å²) < 4.78 is 10.9. The van der Waals surface area contributed by atoms with Gasteiger partial charge in [-0.15, -0.1) is 0 Å². The van der Waals surface area contributed by atoms with Gasteiger partial charge in [-0.05, 0) is 24.6 Å². The van der Waals surface area contributed by atoms with Crippen molar-refractivity contribution < 1.29 is 23.5 Å². The highest BCUT2D eigenvalue weighted by atomic mass is 28.3. The van der Waals surface area contributed by atoms with Gasteiger partial charge in [0, 0.05) is 21.2 Å². The summed E-state index contributed by atoms with van der Waals surface area (Å²) in [4.78, 5) is 44.8. The summed E-state index contributed by atoms with van der Waals surface area (Å²) in [5, 5.41) is 5.69. The van der Waals surface area contributed by atoms with Gasteiger partial charge in [-0.3, -0.25) is 9.59 Å². The van der Waals surface area contributed by atoms with E-state index in [-0.39, 0.29) is 23.6 Å². The molecule has 0 spiro atoms. The van der Waals surface area contributed by atoms with Crippen LogP contribution in [0.15, 0.2) is 28.7 Å². The van der Waals surface area contributed by atoms with E-state index in [9.17, 15) is 14.4 Å². The summed E-state index contributed by atoms with van der Waals surface area (Å²) in [7, 11) is -1.71. The van der Waals surface area contributed by atoms with Gasteiger partial charge in [0.25, 0.3) is 5.89 Å². The number of benzene rings is 1. The maximum atomic E-state index is 13.2. The number of nitrogens with one attached hydrogen (secondary N) is 2. The number of rotatable bonds is 8. The number of amides is 3. The molecule has 1 aliphatic heterocycles. The fourth-order valence-corrected chi connectivity index (χ4v) is 5.09. The first kappa shape index (κ1) is 23.9. The summed E-state index contributed by atoms with van der Waals surface area (Å²) in [5.41, 5.74) is 1.11. The van der Waals surface area contributed by atoms with E-state index >= 15 is 0 Å². The van der Waals surface area contributed by atoms with Crippen molar-refractivity contribution in [1.82, 2.24) is 20.5 Å². The molecule has 174 valence electrons. The monoisotopic (exact) mass is 460 g/mol. The number of carbonyl (C=O) groups is 3. The molecule has 2 N–H and O–H groups in total. The van der Waals surface area contributed by atoms with Crippen molar-refractivity contribution in [2.45, 2.75) is 51.1 Å². The number of carbonyl (C=O) groups excluding carboxylic acids is 3. The van der Waals surface area contributed by atoms with Crippen LogP contribution in [0.1, 0.15) is 24.0 Å². The van der Waals surface area contributed by atoms with Crippen LogP contribution < -0.4 is 10.6 Å². The number of aromatic nitrogens is 1. The molecule has 2 heterocycles. The van der Waals surface area contributed by atoms with Crippen molar-refractivity contribution in [2.75, 3.05) is 26.3 Å². The number of oxazole rings is 1. The Morgan fingerprint density at radius 2 is 1.78 bits per heavy atom. The number of hydrogen-bond donors (Lipinski definition) is 2. The van der Waals surface area contributed by atoms with E-state index in [1.807, 2.05) is 13.0 Å². The van der Waals surface area contributed by atoms with Gasteiger partial charge in [-0.25, -0.2) is 9.78 Å². The highest BCUT2D eigenvalue weighted by Gasteiger charge is 2.32. The Balaban J connectivity index is 1.71. The van der Waals surface area contributed by atoms with Crippen LogP contribution in [-0.4, -0.2) is 74.1 Å². The number of urea groups is 1. The van der Waals surface area contributed by atoms with Crippen LogP contribution in [0.2, 0.25) is 25.7 Å². The number of ketones is 1. The molecule has 1 aliphatic rings. The Bertz CT molecular complexity index is 932. The van der Waals surface area contributed by atoms with Crippen LogP contribution in [0.25, 0.3) is 11.1 Å². The molecule has 2 atom stereocenters. The maximum absolute atomic E-state index is 13.2. The van der Waals surface area contributed by atoms with Gasteiger partial charge in [0.05, 0.1) is 19.3 Å². The summed E-state index contributed by atoms with van der Waals surface area (Å²) >= 11 is 0. The van der Waals surface area contributed by atoms with E-state index in [1.54, 1.807) is 23.1 Å². The molecule has 10 heteroatoms. The average molecular weight is 461 g/mol. The molecule has 3 rings (SSSR count). The SMILES string of the molecule is CC[C@@H](NC(=O)[C@H](C[Si](C)(C)C)NC(=O)N1CCOCC1)C(=O)c1nc2ccccc2o1. The molecule has 0 unspecified atom stereocenters. The van der Waals surface area contributed by atoms with Crippen LogP contribution in [0.3, 0.4) is 0 Å². The van der Waals surface area contributed by atoms with Crippen LogP contribution in [0.4, 0.5) is 4.79 Å². The molecule has 9 nitrogen and oxygen atoms in total. The first-order valence-electron chi connectivity index (χ1n) is 11.0. The maximum Gasteiger partial charge on any atom is 0.318 e. The molecule has 1 aromatic carbocycles. The predicted molar refractivity (Wildman–Crippen MR) is 123 cm³/mol. The van der Waals surface area contributed by atoms with E-state index in [0.717, 1.165) is 0 Å².